The maximum absolute atomic E-state index is 11.5. The van der Waals surface area contributed by atoms with Crippen molar-refractivity contribution in [2.24, 2.45) is 5.92 Å². The number of amides is 1. The summed E-state index contributed by atoms with van der Waals surface area (Å²) in [6.45, 7) is 3.67. The molecular formula is C13H21NO4. The first kappa shape index (κ1) is 14.5. The summed E-state index contributed by atoms with van der Waals surface area (Å²) in [5.41, 5.74) is 0. The summed E-state index contributed by atoms with van der Waals surface area (Å²) in [5.74, 6) is -0.542. The molecule has 102 valence electrons. The molecule has 0 spiro atoms. The van der Waals surface area contributed by atoms with E-state index in [1.807, 2.05) is 0 Å². The fourth-order valence-corrected chi connectivity index (χ4v) is 2.38. The van der Waals surface area contributed by atoms with Gasteiger partial charge in [-0.15, -0.1) is 0 Å². The molecule has 1 saturated carbocycles. The molecule has 0 aromatic rings. The summed E-state index contributed by atoms with van der Waals surface area (Å²) in [4.78, 5) is 22.0. The van der Waals surface area contributed by atoms with Crippen LogP contribution in [0.2, 0.25) is 0 Å². The predicted octanol–water partition coefficient (Wildman–Crippen LogP) is 2.32. The molecule has 1 fully saturated rings. The van der Waals surface area contributed by atoms with E-state index in [0.29, 0.717) is 6.42 Å². The van der Waals surface area contributed by atoms with Gasteiger partial charge in [0, 0.05) is 12.5 Å². The largest absolute Gasteiger partial charge is 0.481 e. The average Bonchev–Trinajstić information content (AvgIpc) is 2.35. The Kier molecular flexibility index (Phi) is 6.25. The van der Waals surface area contributed by atoms with Crippen LogP contribution in [0.15, 0.2) is 12.7 Å². The monoisotopic (exact) mass is 255 g/mol. The quantitative estimate of drug-likeness (QED) is 0.714. The van der Waals surface area contributed by atoms with Gasteiger partial charge in [-0.25, -0.2) is 4.79 Å². The number of carbonyl (C=O) groups excluding carboxylic acids is 1. The number of hydrogen-bond acceptors (Lipinski definition) is 3. The molecule has 1 aliphatic rings. The first-order valence-corrected chi connectivity index (χ1v) is 6.39. The van der Waals surface area contributed by atoms with Crippen molar-refractivity contribution in [3.05, 3.63) is 12.7 Å². The molecule has 0 saturated heterocycles. The van der Waals surface area contributed by atoms with E-state index in [4.69, 9.17) is 9.84 Å². The molecule has 1 amide bonds. The summed E-state index contributed by atoms with van der Waals surface area (Å²) in [6.07, 6.45) is 5.88. The number of ether oxygens (including phenoxy) is 1. The van der Waals surface area contributed by atoms with Gasteiger partial charge in [0.2, 0.25) is 0 Å². The molecule has 5 heteroatoms. The van der Waals surface area contributed by atoms with Crippen molar-refractivity contribution in [1.82, 2.24) is 5.32 Å². The van der Waals surface area contributed by atoms with E-state index in [9.17, 15) is 9.59 Å². The molecule has 0 radical (unpaired) electrons. The van der Waals surface area contributed by atoms with Crippen molar-refractivity contribution < 1.29 is 19.4 Å². The van der Waals surface area contributed by atoms with Crippen molar-refractivity contribution in [2.45, 2.75) is 44.6 Å². The molecule has 2 atom stereocenters. The Balaban J connectivity index is 2.40. The van der Waals surface area contributed by atoms with Crippen molar-refractivity contribution >= 4 is 12.1 Å². The lowest BCUT2D eigenvalue weighted by atomic mass is 9.82. The summed E-state index contributed by atoms with van der Waals surface area (Å²) in [5, 5.41) is 11.5. The number of carboxylic acids is 1. The number of carboxylic acid groups (broad SMARTS) is 1. The number of hydrogen-bond donors (Lipinski definition) is 2. The average molecular weight is 255 g/mol. The van der Waals surface area contributed by atoms with Crippen LogP contribution in [0.1, 0.15) is 38.5 Å². The topological polar surface area (TPSA) is 75.6 Å². The Morgan fingerprint density at radius 3 is 2.78 bits per heavy atom. The minimum absolute atomic E-state index is 0.0374. The van der Waals surface area contributed by atoms with Crippen LogP contribution in [0.3, 0.4) is 0 Å². The lowest BCUT2D eigenvalue weighted by Crippen LogP contribution is -2.42. The van der Waals surface area contributed by atoms with Gasteiger partial charge in [-0.1, -0.05) is 25.5 Å². The second kappa shape index (κ2) is 7.74. The van der Waals surface area contributed by atoms with Crippen LogP contribution in [-0.4, -0.2) is 29.8 Å². The predicted molar refractivity (Wildman–Crippen MR) is 67.3 cm³/mol. The van der Waals surface area contributed by atoms with Crippen LogP contribution in [0.4, 0.5) is 4.79 Å². The van der Waals surface area contributed by atoms with Crippen LogP contribution >= 0.6 is 0 Å². The van der Waals surface area contributed by atoms with Crippen LogP contribution in [0.5, 0.6) is 0 Å². The standard InChI is InChI=1S/C13H21NO4/c1-2-9-18-13(17)14-11-6-4-3-5-10(11)7-8-12(15)16/h2,10-11H,1,3-9H2,(H,14,17)(H,15,16). The van der Waals surface area contributed by atoms with Crippen LogP contribution in [0.25, 0.3) is 0 Å². The first-order valence-electron chi connectivity index (χ1n) is 6.39. The molecule has 0 aromatic carbocycles. The fourth-order valence-electron chi connectivity index (χ4n) is 2.38. The Bertz CT molecular complexity index is 303. The highest BCUT2D eigenvalue weighted by atomic mass is 16.5. The minimum Gasteiger partial charge on any atom is -0.481 e. The second-order valence-corrected chi connectivity index (χ2v) is 4.61. The molecule has 1 aliphatic carbocycles. The van der Waals surface area contributed by atoms with Gasteiger partial charge in [0.15, 0.2) is 0 Å². The molecule has 0 bridgehead atoms. The minimum atomic E-state index is -0.784. The Morgan fingerprint density at radius 1 is 1.39 bits per heavy atom. The summed E-state index contributed by atoms with van der Waals surface area (Å²) < 4.78 is 4.88. The van der Waals surface area contributed by atoms with E-state index in [-0.39, 0.29) is 25.0 Å². The highest BCUT2D eigenvalue weighted by molar-refractivity contribution is 5.68. The zero-order chi connectivity index (χ0) is 13.4. The van der Waals surface area contributed by atoms with Gasteiger partial charge in [-0.3, -0.25) is 4.79 Å². The molecule has 2 N–H and O–H groups in total. The van der Waals surface area contributed by atoms with Crippen LogP contribution in [0, 0.1) is 5.92 Å². The second-order valence-electron chi connectivity index (χ2n) is 4.61. The van der Waals surface area contributed by atoms with Gasteiger partial charge in [0.1, 0.15) is 6.61 Å². The Morgan fingerprint density at radius 2 is 2.11 bits per heavy atom. The third kappa shape index (κ3) is 5.21. The smallest absolute Gasteiger partial charge is 0.407 e. The summed E-state index contributed by atoms with van der Waals surface area (Å²) in [7, 11) is 0. The molecule has 0 aromatic heterocycles. The zero-order valence-corrected chi connectivity index (χ0v) is 10.6. The first-order chi connectivity index (χ1) is 8.63. The van der Waals surface area contributed by atoms with Crippen molar-refractivity contribution in [3.63, 3.8) is 0 Å². The normalized spacial score (nSPS) is 23.1. The molecule has 2 unspecified atom stereocenters. The van der Waals surface area contributed by atoms with Gasteiger partial charge in [0.05, 0.1) is 0 Å². The van der Waals surface area contributed by atoms with E-state index in [1.54, 1.807) is 0 Å². The van der Waals surface area contributed by atoms with Crippen LogP contribution in [-0.2, 0) is 9.53 Å². The number of nitrogens with one attached hydrogen (secondary N) is 1. The van der Waals surface area contributed by atoms with E-state index in [0.717, 1.165) is 25.7 Å². The molecular weight excluding hydrogens is 234 g/mol. The molecule has 18 heavy (non-hydrogen) atoms. The van der Waals surface area contributed by atoms with E-state index in [2.05, 4.69) is 11.9 Å². The Hall–Kier alpha value is -1.52. The van der Waals surface area contributed by atoms with Crippen molar-refractivity contribution in [3.8, 4) is 0 Å². The van der Waals surface area contributed by atoms with Gasteiger partial charge in [-0.05, 0) is 25.2 Å². The SMILES string of the molecule is C=CCOC(=O)NC1CCCCC1CCC(=O)O. The highest BCUT2D eigenvalue weighted by Gasteiger charge is 2.27. The van der Waals surface area contributed by atoms with Gasteiger partial charge in [-0.2, -0.15) is 0 Å². The lowest BCUT2D eigenvalue weighted by molar-refractivity contribution is -0.137. The fraction of sp³-hybridized carbons (Fsp3) is 0.692. The van der Waals surface area contributed by atoms with Gasteiger partial charge in [0.25, 0.3) is 0 Å². The maximum atomic E-state index is 11.5. The van der Waals surface area contributed by atoms with Crippen molar-refractivity contribution in [1.29, 1.82) is 0 Å². The third-order valence-electron chi connectivity index (χ3n) is 3.27. The maximum Gasteiger partial charge on any atom is 0.407 e. The number of alkyl carbamates (subject to hydrolysis) is 1. The Labute approximate surface area is 107 Å². The number of aliphatic carboxylic acids is 1. The molecule has 1 rings (SSSR count). The number of rotatable bonds is 6. The van der Waals surface area contributed by atoms with E-state index in [1.165, 1.54) is 6.08 Å². The zero-order valence-electron chi connectivity index (χ0n) is 10.6. The lowest BCUT2D eigenvalue weighted by Gasteiger charge is -2.31. The highest BCUT2D eigenvalue weighted by Crippen LogP contribution is 2.28. The number of carbonyl (C=O) groups is 2. The molecule has 0 aliphatic heterocycles. The van der Waals surface area contributed by atoms with Gasteiger partial charge >= 0.3 is 12.1 Å². The summed E-state index contributed by atoms with van der Waals surface area (Å²) >= 11 is 0. The molecule has 5 nitrogen and oxygen atoms in total. The van der Waals surface area contributed by atoms with Crippen molar-refractivity contribution in [2.75, 3.05) is 6.61 Å². The van der Waals surface area contributed by atoms with Gasteiger partial charge < -0.3 is 15.2 Å². The van der Waals surface area contributed by atoms with E-state index >= 15 is 0 Å². The molecule has 0 heterocycles. The summed E-state index contributed by atoms with van der Waals surface area (Å²) in [6, 6.07) is 0.0374. The van der Waals surface area contributed by atoms with Crippen LogP contribution < -0.4 is 5.32 Å². The third-order valence-corrected chi connectivity index (χ3v) is 3.27. The van der Waals surface area contributed by atoms with E-state index < -0.39 is 12.1 Å².